The van der Waals surface area contributed by atoms with Crippen molar-refractivity contribution in [3.8, 4) is 0 Å². The number of pyridine rings is 1. The van der Waals surface area contributed by atoms with Crippen LogP contribution in [0.5, 0.6) is 0 Å². The molecule has 136 valence electrons. The van der Waals surface area contributed by atoms with Gasteiger partial charge in [0.15, 0.2) is 0 Å². The molecule has 3 aromatic rings. The maximum atomic E-state index is 12.4. The van der Waals surface area contributed by atoms with Crippen LogP contribution in [0.3, 0.4) is 0 Å². The number of hydrogen-bond donors (Lipinski definition) is 1. The Labute approximate surface area is 152 Å². The minimum absolute atomic E-state index is 0.0247. The number of fused-ring (bicyclic) bond motifs is 1. The van der Waals surface area contributed by atoms with Gasteiger partial charge < -0.3 is 4.98 Å². The summed E-state index contributed by atoms with van der Waals surface area (Å²) in [6, 6.07) is 8.21. The third kappa shape index (κ3) is 3.84. The van der Waals surface area contributed by atoms with Crippen LogP contribution in [0.2, 0.25) is 0 Å². The van der Waals surface area contributed by atoms with Gasteiger partial charge in [-0.3, -0.25) is 19.3 Å². The Bertz CT molecular complexity index is 925. The quantitative estimate of drug-likeness (QED) is 0.748. The number of piperazine rings is 1. The van der Waals surface area contributed by atoms with E-state index in [0.29, 0.717) is 6.54 Å². The number of nitrogens with zero attached hydrogens (tertiary/aromatic N) is 5. The molecule has 0 amide bonds. The highest BCUT2D eigenvalue weighted by molar-refractivity contribution is 5.79. The summed E-state index contributed by atoms with van der Waals surface area (Å²) in [5, 5.41) is 5.24. The lowest BCUT2D eigenvalue weighted by Gasteiger charge is -2.34. The normalized spacial score (nSPS) is 16.3. The van der Waals surface area contributed by atoms with E-state index in [0.717, 1.165) is 61.3 Å². The van der Waals surface area contributed by atoms with E-state index in [1.165, 1.54) is 0 Å². The highest BCUT2D eigenvalue weighted by atomic mass is 16.1. The van der Waals surface area contributed by atoms with E-state index in [4.69, 9.17) is 0 Å². The van der Waals surface area contributed by atoms with Crippen LogP contribution in [0.15, 0.2) is 41.7 Å². The van der Waals surface area contributed by atoms with Gasteiger partial charge in [0, 0.05) is 50.3 Å². The number of nitrogens with one attached hydrogen (secondary N) is 1. The lowest BCUT2D eigenvalue weighted by atomic mass is 10.1. The number of hydrogen-bond acceptors (Lipinski definition) is 5. The van der Waals surface area contributed by atoms with Crippen molar-refractivity contribution in [3.05, 3.63) is 58.4 Å². The molecular weight excluding hydrogens is 328 g/mol. The molecule has 0 unspecified atom stereocenters. The lowest BCUT2D eigenvalue weighted by Crippen LogP contribution is -2.47. The maximum absolute atomic E-state index is 12.4. The van der Waals surface area contributed by atoms with Crippen LogP contribution in [-0.4, -0.2) is 62.3 Å². The molecule has 0 atom stereocenters. The molecule has 2 aromatic heterocycles. The molecule has 0 aliphatic carbocycles. The minimum Gasteiger partial charge on any atom is -0.322 e. The molecule has 1 aromatic carbocycles. The zero-order valence-electron chi connectivity index (χ0n) is 15.1. The monoisotopic (exact) mass is 352 g/mol. The summed E-state index contributed by atoms with van der Waals surface area (Å²) in [4.78, 5) is 24.2. The van der Waals surface area contributed by atoms with Crippen molar-refractivity contribution in [2.24, 2.45) is 0 Å². The van der Waals surface area contributed by atoms with E-state index in [1.807, 2.05) is 23.7 Å². The topological polar surface area (TPSA) is 70.0 Å². The van der Waals surface area contributed by atoms with E-state index in [-0.39, 0.29) is 5.56 Å². The Hall–Kier alpha value is -2.51. The first-order valence-corrected chi connectivity index (χ1v) is 9.07. The molecule has 3 heterocycles. The second-order valence-corrected chi connectivity index (χ2v) is 6.99. The molecule has 0 saturated carbocycles. The summed E-state index contributed by atoms with van der Waals surface area (Å²) in [6.07, 6.45) is 3.32. The van der Waals surface area contributed by atoms with Gasteiger partial charge in [0.1, 0.15) is 12.7 Å². The second kappa shape index (κ2) is 7.39. The number of H-pyrrole nitrogens is 1. The van der Waals surface area contributed by atoms with Crippen molar-refractivity contribution in [1.82, 2.24) is 29.5 Å². The molecular formula is C19H24N6O. The first kappa shape index (κ1) is 16.9. The molecule has 1 aliphatic heterocycles. The van der Waals surface area contributed by atoms with Crippen LogP contribution in [0.1, 0.15) is 11.1 Å². The predicted molar refractivity (Wildman–Crippen MR) is 101 cm³/mol. The average molecular weight is 352 g/mol. The van der Waals surface area contributed by atoms with Gasteiger partial charge in [0.2, 0.25) is 0 Å². The van der Waals surface area contributed by atoms with E-state index in [9.17, 15) is 4.79 Å². The smallest absolute Gasteiger partial charge is 0.252 e. The Balaban J connectivity index is 1.35. The predicted octanol–water partition coefficient (Wildman–Crippen LogP) is 1.25. The van der Waals surface area contributed by atoms with Crippen molar-refractivity contribution in [1.29, 1.82) is 0 Å². The van der Waals surface area contributed by atoms with Gasteiger partial charge >= 0.3 is 0 Å². The number of aromatic amines is 1. The van der Waals surface area contributed by atoms with E-state index in [1.54, 1.807) is 12.7 Å². The zero-order chi connectivity index (χ0) is 17.9. The lowest BCUT2D eigenvalue weighted by molar-refractivity contribution is 0.123. The molecule has 26 heavy (non-hydrogen) atoms. The van der Waals surface area contributed by atoms with Crippen molar-refractivity contribution in [2.75, 3.05) is 32.7 Å². The summed E-state index contributed by atoms with van der Waals surface area (Å²) in [7, 11) is 0. The van der Waals surface area contributed by atoms with Crippen molar-refractivity contribution in [2.45, 2.75) is 20.0 Å². The van der Waals surface area contributed by atoms with Crippen LogP contribution in [-0.2, 0) is 13.1 Å². The molecule has 7 heteroatoms. The van der Waals surface area contributed by atoms with Gasteiger partial charge in [-0.25, -0.2) is 4.98 Å². The fraction of sp³-hybridized carbons (Fsp3) is 0.421. The molecule has 7 nitrogen and oxygen atoms in total. The fourth-order valence-corrected chi connectivity index (χ4v) is 3.48. The van der Waals surface area contributed by atoms with E-state index < -0.39 is 0 Å². The van der Waals surface area contributed by atoms with Gasteiger partial charge in [0.25, 0.3) is 5.56 Å². The third-order valence-electron chi connectivity index (χ3n) is 5.05. The summed E-state index contributed by atoms with van der Waals surface area (Å²) in [5.74, 6) is 0. The number of rotatable bonds is 5. The first-order valence-electron chi connectivity index (χ1n) is 9.07. The van der Waals surface area contributed by atoms with Crippen LogP contribution < -0.4 is 5.56 Å². The Kier molecular flexibility index (Phi) is 4.81. The third-order valence-corrected chi connectivity index (χ3v) is 5.05. The molecule has 0 bridgehead atoms. The van der Waals surface area contributed by atoms with Crippen molar-refractivity contribution >= 4 is 10.9 Å². The standard InChI is InChI=1S/C19H24N6O/c1-15-2-3-16-11-17(19(26)22-18(16)10-15)12-24-6-4-23(5-7-24)8-9-25-14-20-13-21-25/h2-3,10-11,13-14H,4-9,12H2,1H3,(H,22,26). The molecule has 1 fully saturated rings. The van der Waals surface area contributed by atoms with Gasteiger partial charge in [-0.15, -0.1) is 0 Å². The largest absolute Gasteiger partial charge is 0.322 e. The molecule has 1 N–H and O–H groups in total. The molecule has 4 rings (SSSR count). The van der Waals surface area contributed by atoms with Gasteiger partial charge in [-0.05, 0) is 30.0 Å². The number of aromatic nitrogens is 4. The van der Waals surface area contributed by atoms with Gasteiger partial charge in [-0.2, -0.15) is 5.10 Å². The maximum Gasteiger partial charge on any atom is 0.252 e. The van der Waals surface area contributed by atoms with Crippen LogP contribution in [0.25, 0.3) is 10.9 Å². The summed E-state index contributed by atoms with van der Waals surface area (Å²) < 4.78 is 1.86. The van der Waals surface area contributed by atoms with Crippen molar-refractivity contribution in [3.63, 3.8) is 0 Å². The van der Waals surface area contributed by atoms with Gasteiger partial charge in [-0.1, -0.05) is 12.1 Å². The summed E-state index contributed by atoms with van der Waals surface area (Å²) in [6.45, 7) is 8.56. The van der Waals surface area contributed by atoms with Crippen molar-refractivity contribution < 1.29 is 0 Å². The first-order chi connectivity index (χ1) is 12.7. The van der Waals surface area contributed by atoms with E-state index in [2.05, 4.69) is 37.0 Å². The molecule has 0 spiro atoms. The molecule has 1 saturated heterocycles. The Morgan fingerprint density at radius 1 is 1.08 bits per heavy atom. The van der Waals surface area contributed by atoms with E-state index >= 15 is 0 Å². The second-order valence-electron chi connectivity index (χ2n) is 6.99. The number of aryl methyl sites for hydroxylation is 1. The summed E-state index contributed by atoms with van der Waals surface area (Å²) >= 11 is 0. The highest BCUT2D eigenvalue weighted by Gasteiger charge is 2.18. The van der Waals surface area contributed by atoms with Crippen LogP contribution >= 0.6 is 0 Å². The fourth-order valence-electron chi connectivity index (χ4n) is 3.48. The SMILES string of the molecule is Cc1ccc2cc(CN3CCN(CCn4cncn4)CC3)c(=O)[nH]c2c1. The Morgan fingerprint density at radius 2 is 1.88 bits per heavy atom. The van der Waals surface area contributed by atoms with Crippen LogP contribution in [0, 0.1) is 6.92 Å². The average Bonchev–Trinajstić information content (AvgIpc) is 3.15. The molecule has 1 aliphatic rings. The number of benzene rings is 1. The highest BCUT2D eigenvalue weighted by Crippen LogP contribution is 2.14. The zero-order valence-corrected chi connectivity index (χ0v) is 15.1. The van der Waals surface area contributed by atoms with Crippen LogP contribution in [0.4, 0.5) is 0 Å². The Morgan fingerprint density at radius 3 is 2.65 bits per heavy atom. The molecule has 0 radical (unpaired) electrons. The minimum atomic E-state index is 0.0247. The summed E-state index contributed by atoms with van der Waals surface area (Å²) in [5.41, 5.74) is 2.94. The van der Waals surface area contributed by atoms with Gasteiger partial charge in [0.05, 0.1) is 6.54 Å².